The first-order valence-electron chi connectivity index (χ1n) is 10.5. The van der Waals surface area contributed by atoms with Crippen LogP contribution in [0.2, 0.25) is 15.1 Å². The van der Waals surface area contributed by atoms with Gasteiger partial charge in [-0.15, -0.1) is 0 Å². The van der Waals surface area contributed by atoms with Crippen molar-refractivity contribution in [3.05, 3.63) is 86.4 Å². The highest BCUT2D eigenvalue weighted by Crippen LogP contribution is 2.41. The molecule has 3 aromatic carbocycles. The quantitative estimate of drug-likeness (QED) is 0.378. The summed E-state index contributed by atoms with van der Waals surface area (Å²) in [5.74, 6) is -0.544. The number of ether oxygens (including phenoxy) is 2. The second-order valence-electron chi connectivity index (χ2n) is 7.73. The molecule has 1 unspecified atom stereocenters. The highest BCUT2D eigenvalue weighted by atomic mass is 35.5. The molecule has 1 heterocycles. The van der Waals surface area contributed by atoms with Crippen molar-refractivity contribution >= 4 is 46.7 Å². The number of carbonyl (C=O) groups is 2. The fraction of sp³-hybridized carbons (Fsp3) is 0.200. The molecule has 1 amide bonds. The Morgan fingerprint density at radius 1 is 1.00 bits per heavy atom. The second-order valence-corrected chi connectivity index (χ2v) is 8.95. The van der Waals surface area contributed by atoms with Gasteiger partial charge in [0.2, 0.25) is 0 Å². The van der Waals surface area contributed by atoms with Crippen LogP contribution in [0, 0.1) is 0 Å². The van der Waals surface area contributed by atoms with E-state index in [-0.39, 0.29) is 10.9 Å². The number of carboxylic acid groups (broad SMARTS) is 1. The van der Waals surface area contributed by atoms with Crippen molar-refractivity contribution in [2.75, 3.05) is 13.2 Å². The zero-order chi connectivity index (χ0) is 24.2. The SMILES string of the molecule is O=C(NCCc1ccc(Cl)c(Cl)c1)c1ccc(Oc2cc3c(cc2Cl)C(C(=O)O)CCO3)cc1. The van der Waals surface area contributed by atoms with Gasteiger partial charge >= 0.3 is 5.97 Å². The monoisotopic (exact) mass is 519 g/mol. The van der Waals surface area contributed by atoms with Crippen molar-refractivity contribution in [3.8, 4) is 17.2 Å². The van der Waals surface area contributed by atoms with Crippen LogP contribution in [0.4, 0.5) is 0 Å². The molecule has 0 spiro atoms. The second kappa shape index (κ2) is 10.6. The molecule has 0 bridgehead atoms. The average molecular weight is 521 g/mol. The Balaban J connectivity index is 1.37. The number of nitrogens with one attached hydrogen (secondary N) is 1. The van der Waals surface area contributed by atoms with E-state index in [1.807, 2.05) is 6.07 Å². The van der Waals surface area contributed by atoms with Gasteiger partial charge in [-0.1, -0.05) is 40.9 Å². The van der Waals surface area contributed by atoms with Gasteiger partial charge < -0.3 is 19.9 Å². The minimum Gasteiger partial charge on any atom is -0.493 e. The first-order valence-corrected chi connectivity index (χ1v) is 11.6. The third kappa shape index (κ3) is 5.58. The number of carbonyl (C=O) groups excluding carboxylic acids is 1. The van der Waals surface area contributed by atoms with Gasteiger partial charge in [-0.25, -0.2) is 0 Å². The van der Waals surface area contributed by atoms with E-state index < -0.39 is 11.9 Å². The fourth-order valence-electron chi connectivity index (χ4n) is 3.64. The van der Waals surface area contributed by atoms with E-state index in [4.69, 9.17) is 44.3 Å². The molecule has 4 rings (SSSR count). The molecule has 0 aromatic heterocycles. The van der Waals surface area contributed by atoms with Crippen LogP contribution >= 0.6 is 34.8 Å². The molecule has 0 saturated heterocycles. The largest absolute Gasteiger partial charge is 0.493 e. The molecule has 1 aliphatic heterocycles. The summed E-state index contributed by atoms with van der Waals surface area (Å²) in [6.45, 7) is 0.747. The maximum Gasteiger partial charge on any atom is 0.311 e. The van der Waals surface area contributed by atoms with Crippen molar-refractivity contribution in [3.63, 3.8) is 0 Å². The summed E-state index contributed by atoms with van der Waals surface area (Å²) in [6, 6.07) is 15.1. The number of hydrogen-bond acceptors (Lipinski definition) is 4. The van der Waals surface area contributed by atoms with Gasteiger partial charge in [0.15, 0.2) is 0 Å². The van der Waals surface area contributed by atoms with Gasteiger partial charge in [0.1, 0.15) is 17.2 Å². The van der Waals surface area contributed by atoms with Gasteiger partial charge in [-0.3, -0.25) is 9.59 Å². The molecule has 1 atom stereocenters. The molecule has 6 nitrogen and oxygen atoms in total. The Hall–Kier alpha value is -2.93. The topological polar surface area (TPSA) is 84.9 Å². The zero-order valence-electron chi connectivity index (χ0n) is 17.8. The van der Waals surface area contributed by atoms with Crippen LogP contribution in [0.3, 0.4) is 0 Å². The van der Waals surface area contributed by atoms with Crippen LogP contribution < -0.4 is 14.8 Å². The standard InChI is InChI=1S/C25H20Cl3NO5/c26-19-6-1-14(11-20(19)27)7-9-29-24(30)15-2-4-16(5-3-15)34-23-13-22-18(12-21(23)28)17(25(31)32)8-10-33-22/h1-6,11-13,17H,7-10H2,(H,29,30)(H,31,32). The van der Waals surface area contributed by atoms with Crippen LogP contribution in [0.25, 0.3) is 0 Å². The summed E-state index contributed by atoms with van der Waals surface area (Å²) < 4.78 is 11.5. The molecule has 34 heavy (non-hydrogen) atoms. The Morgan fingerprint density at radius 3 is 2.47 bits per heavy atom. The molecule has 2 N–H and O–H groups in total. The smallest absolute Gasteiger partial charge is 0.311 e. The number of carboxylic acids is 1. The molecular formula is C25H20Cl3NO5. The Morgan fingerprint density at radius 2 is 1.76 bits per heavy atom. The zero-order valence-corrected chi connectivity index (χ0v) is 20.1. The van der Waals surface area contributed by atoms with Gasteiger partial charge in [-0.05, 0) is 60.9 Å². The number of hydrogen-bond donors (Lipinski definition) is 2. The number of amides is 1. The summed E-state index contributed by atoms with van der Waals surface area (Å²) in [5, 5.41) is 13.5. The summed E-state index contributed by atoms with van der Waals surface area (Å²) in [6.07, 6.45) is 1.00. The summed E-state index contributed by atoms with van der Waals surface area (Å²) in [7, 11) is 0. The lowest BCUT2D eigenvalue weighted by Crippen LogP contribution is -2.25. The maximum absolute atomic E-state index is 12.4. The predicted molar refractivity (Wildman–Crippen MR) is 131 cm³/mol. The van der Waals surface area contributed by atoms with Gasteiger partial charge in [0.25, 0.3) is 5.91 Å². The molecule has 9 heteroatoms. The van der Waals surface area contributed by atoms with Crippen molar-refractivity contribution in [1.82, 2.24) is 5.32 Å². The third-order valence-electron chi connectivity index (χ3n) is 5.43. The van der Waals surface area contributed by atoms with E-state index in [1.165, 1.54) is 0 Å². The van der Waals surface area contributed by atoms with Crippen molar-refractivity contribution in [1.29, 1.82) is 0 Å². The first-order chi connectivity index (χ1) is 16.3. The molecule has 176 valence electrons. The number of benzene rings is 3. The van der Waals surface area contributed by atoms with Crippen LogP contribution in [0.1, 0.15) is 33.8 Å². The van der Waals surface area contributed by atoms with Crippen LogP contribution in [0.5, 0.6) is 17.2 Å². The Bertz CT molecular complexity index is 1230. The van der Waals surface area contributed by atoms with E-state index in [0.29, 0.717) is 64.4 Å². The summed E-state index contributed by atoms with van der Waals surface area (Å²) in [4.78, 5) is 23.9. The van der Waals surface area contributed by atoms with Crippen LogP contribution in [-0.4, -0.2) is 30.1 Å². The van der Waals surface area contributed by atoms with Crippen molar-refractivity contribution in [2.45, 2.75) is 18.8 Å². The molecule has 0 aliphatic carbocycles. The van der Waals surface area contributed by atoms with Gasteiger partial charge in [-0.2, -0.15) is 0 Å². The minimum atomic E-state index is -0.917. The van der Waals surface area contributed by atoms with E-state index in [2.05, 4.69) is 5.32 Å². The highest BCUT2D eigenvalue weighted by Gasteiger charge is 2.29. The Kier molecular flexibility index (Phi) is 7.51. The molecule has 0 fully saturated rings. The first kappa shape index (κ1) is 24.2. The van der Waals surface area contributed by atoms with E-state index in [1.54, 1.807) is 48.5 Å². The molecule has 3 aromatic rings. The fourth-order valence-corrected chi connectivity index (χ4v) is 4.17. The molecule has 1 aliphatic rings. The van der Waals surface area contributed by atoms with Gasteiger partial charge in [0.05, 0.1) is 27.6 Å². The lowest BCUT2D eigenvalue weighted by molar-refractivity contribution is -0.139. The molecule has 0 radical (unpaired) electrons. The summed E-state index contributed by atoms with van der Waals surface area (Å²) >= 11 is 18.3. The highest BCUT2D eigenvalue weighted by molar-refractivity contribution is 6.42. The van der Waals surface area contributed by atoms with E-state index in [0.717, 1.165) is 5.56 Å². The van der Waals surface area contributed by atoms with Crippen LogP contribution in [0.15, 0.2) is 54.6 Å². The number of aliphatic carboxylic acids is 1. The average Bonchev–Trinajstić information content (AvgIpc) is 2.82. The number of fused-ring (bicyclic) bond motifs is 1. The minimum absolute atomic E-state index is 0.216. The molecule has 0 saturated carbocycles. The van der Waals surface area contributed by atoms with Crippen molar-refractivity contribution < 1.29 is 24.2 Å². The normalized spacial score (nSPS) is 14.6. The van der Waals surface area contributed by atoms with Gasteiger partial charge in [0, 0.05) is 23.7 Å². The van der Waals surface area contributed by atoms with Crippen LogP contribution in [-0.2, 0) is 11.2 Å². The predicted octanol–water partition coefficient (Wildman–Crippen LogP) is 6.36. The number of rotatable bonds is 7. The van der Waals surface area contributed by atoms with E-state index >= 15 is 0 Å². The number of halogens is 3. The maximum atomic E-state index is 12.4. The van der Waals surface area contributed by atoms with E-state index in [9.17, 15) is 14.7 Å². The lowest BCUT2D eigenvalue weighted by Gasteiger charge is -2.24. The van der Waals surface area contributed by atoms with Crippen molar-refractivity contribution in [2.24, 2.45) is 0 Å². The lowest BCUT2D eigenvalue weighted by atomic mass is 9.93. The summed E-state index contributed by atoms with van der Waals surface area (Å²) in [5.41, 5.74) is 1.98. The third-order valence-corrected chi connectivity index (χ3v) is 6.46. The Labute approximate surface area is 211 Å². The molecular weight excluding hydrogens is 501 g/mol.